The van der Waals surface area contributed by atoms with E-state index >= 15 is 0 Å². The van der Waals surface area contributed by atoms with Crippen LogP contribution in [0.25, 0.3) is 0 Å². The SMILES string of the molecule is NC(=O)C1CN2CC2(C(N)=O)C1. The van der Waals surface area contributed by atoms with Gasteiger partial charge in [-0.2, -0.15) is 0 Å². The van der Waals surface area contributed by atoms with Crippen LogP contribution < -0.4 is 11.5 Å². The Labute approximate surface area is 69.7 Å². The Hall–Kier alpha value is -1.10. The second-order valence-electron chi connectivity index (χ2n) is 3.58. The standard InChI is InChI=1S/C7H11N3O2/c8-5(11)4-1-7(6(9)12)3-10(7)2-4/h4H,1-3H2,(H2,8,11)(H2,9,12). The zero-order chi connectivity index (χ0) is 8.93. The van der Waals surface area contributed by atoms with Crippen LogP contribution in [0.4, 0.5) is 0 Å². The molecule has 5 heteroatoms. The summed E-state index contributed by atoms with van der Waals surface area (Å²) in [7, 11) is 0. The van der Waals surface area contributed by atoms with Gasteiger partial charge >= 0.3 is 0 Å². The maximum atomic E-state index is 11.0. The van der Waals surface area contributed by atoms with Crippen LogP contribution in [0.5, 0.6) is 0 Å². The molecule has 0 bridgehead atoms. The summed E-state index contributed by atoms with van der Waals surface area (Å²) in [6.45, 7) is 1.30. The number of hydrogen-bond donors (Lipinski definition) is 2. The number of piperidine rings is 1. The zero-order valence-corrected chi connectivity index (χ0v) is 6.62. The first-order chi connectivity index (χ1) is 5.56. The molecule has 2 amide bonds. The lowest BCUT2D eigenvalue weighted by molar-refractivity contribution is -0.122. The van der Waals surface area contributed by atoms with Crippen LogP contribution in [0.15, 0.2) is 0 Å². The van der Waals surface area contributed by atoms with Gasteiger partial charge in [0.15, 0.2) is 0 Å². The molecule has 3 unspecified atom stereocenters. The highest BCUT2D eigenvalue weighted by molar-refractivity contribution is 5.91. The van der Waals surface area contributed by atoms with E-state index in [1.54, 1.807) is 0 Å². The van der Waals surface area contributed by atoms with Gasteiger partial charge in [0.1, 0.15) is 5.54 Å². The highest BCUT2D eigenvalue weighted by atomic mass is 16.2. The first kappa shape index (κ1) is 7.54. The number of carbonyl (C=O) groups excluding carboxylic acids is 2. The van der Waals surface area contributed by atoms with Crippen LogP contribution in [-0.4, -0.2) is 35.3 Å². The maximum absolute atomic E-state index is 11.0. The van der Waals surface area contributed by atoms with E-state index in [2.05, 4.69) is 0 Å². The lowest BCUT2D eigenvalue weighted by atomic mass is 9.96. The summed E-state index contributed by atoms with van der Waals surface area (Å²) in [5, 5.41) is 0. The summed E-state index contributed by atoms with van der Waals surface area (Å²) < 4.78 is 0. The van der Waals surface area contributed by atoms with E-state index in [0.29, 0.717) is 19.5 Å². The molecule has 5 nitrogen and oxygen atoms in total. The molecule has 0 aromatic heterocycles. The Morgan fingerprint density at radius 3 is 2.42 bits per heavy atom. The summed E-state index contributed by atoms with van der Waals surface area (Å²) in [4.78, 5) is 23.6. The number of nitrogens with zero attached hydrogens (tertiary/aromatic N) is 1. The van der Waals surface area contributed by atoms with E-state index in [1.807, 2.05) is 4.90 Å². The van der Waals surface area contributed by atoms with Gasteiger partial charge in [0.25, 0.3) is 0 Å². The molecule has 2 rings (SSSR count). The Balaban J connectivity index is 2.10. The fourth-order valence-corrected chi connectivity index (χ4v) is 1.98. The molecule has 2 aliphatic rings. The van der Waals surface area contributed by atoms with Gasteiger partial charge in [-0.15, -0.1) is 0 Å². The zero-order valence-electron chi connectivity index (χ0n) is 6.62. The highest BCUT2D eigenvalue weighted by Gasteiger charge is 2.63. The molecule has 0 saturated carbocycles. The van der Waals surface area contributed by atoms with Crippen LogP contribution in [0.3, 0.4) is 0 Å². The van der Waals surface area contributed by atoms with Crippen molar-refractivity contribution in [1.82, 2.24) is 4.90 Å². The molecule has 66 valence electrons. The van der Waals surface area contributed by atoms with Gasteiger partial charge in [-0.1, -0.05) is 0 Å². The van der Waals surface area contributed by atoms with Crippen molar-refractivity contribution in [3.05, 3.63) is 0 Å². The molecule has 2 saturated heterocycles. The van der Waals surface area contributed by atoms with Crippen LogP contribution in [0.2, 0.25) is 0 Å². The van der Waals surface area contributed by atoms with E-state index < -0.39 is 5.54 Å². The van der Waals surface area contributed by atoms with E-state index in [-0.39, 0.29) is 17.7 Å². The molecule has 3 atom stereocenters. The van der Waals surface area contributed by atoms with Crippen LogP contribution in [0.1, 0.15) is 6.42 Å². The summed E-state index contributed by atoms with van der Waals surface area (Å²) in [6, 6.07) is 0. The van der Waals surface area contributed by atoms with Gasteiger partial charge in [0.05, 0.1) is 5.92 Å². The van der Waals surface area contributed by atoms with E-state index in [0.717, 1.165) is 0 Å². The monoisotopic (exact) mass is 169 g/mol. The number of primary amides is 2. The minimum atomic E-state index is -0.514. The maximum Gasteiger partial charge on any atom is 0.239 e. The van der Waals surface area contributed by atoms with E-state index in [9.17, 15) is 9.59 Å². The number of fused-ring (bicyclic) bond motifs is 1. The predicted molar refractivity (Wildman–Crippen MR) is 40.8 cm³/mol. The van der Waals surface area contributed by atoms with Crippen molar-refractivity contribution in [1.29, 1.82) is 0 Å². The molecule has 12 heavy (non-hydrogen) atoms. The first-order valence-electron chi connectivity index (χ1n) is 3.90. The molecule has 0 spiro atoms. The first-order valence-corrected chi connectivity index (χ1v) is 3.90. The molecule has 0 aromatic carbocycles. The van der Waals surface area contributed by atoms with Gasteiger partial charge in [0, 0.05) is 13.1 Å². The van der Waals surface area contributed by atoms with Crippen molar-refractivity contribution < 1.29 is 9.59 Å². The van der Waals surface area contributed by atoms with Crippen molar-refractivity contribution in [3.63, 3.8) is 0 Å². The lowest BCUT2D eigenvalue weighted by Crippen LogP contribution is -2.34. The average Bonchev–Trinajstić information content (AvgIpc) is 2.55. The normalized spacial score (nSPS) is 43.7. The molecule has 2 heterocycles. The third-order valence-corrected chi connectivity index (χ3v) is 2.84. The molecule has 0 radical (unpaired) electrons. The second-order valence-corrected chi connectivity index (χ2v) is 3.58. The van der Waals surface area contributed by atoms with Gasteiger partial charge in [-0.25, -0.2) is 0 Å². The number of hydrogen-bond acceptors (Lipinski definition) is 3. The van der Waals surface area contributed by atoms with Crippen LogP contribution in [0, 0.1) is 5.92 Å². The Bertz CT molecular complexity index is 265. The van der Waals surface area contributed by atoms with Gasteiger partial charge < -0.3 is 11.5 Å². The number of amides is 2. The van der Waals surface area contributed by atoms with Crippen molar-refractivity contribution in [2.75, 3.05) is 13.1 Å². The van der Waals surface area contributed by atoms with Gasteiger partial charge in [-0.05, 0) is 6.42 Å². The third-order valence-electron chi connectivity index (χ3n) is 2.84. The molecule has 2 fully saturated rings. The van der Waals surface area contributed by atoms with Crippen LogP contribution >= 0.6 is 0 Å². The summed E-state index contributed by atoms with van der Waals surface area (Å²) >= 11 is 0. The third kappa shape index (κ3) is 0.768. The minimum Gasteiger partial charge on any atom is -0.369 e. The largest absolute Gasteiger partial charge is 0.369 e. The van der Waals surface area contributed by atoms with Crippen molar-refractivity contribution in [2.45, 2.75) is 12.0 Å². The molecule has 0 aromatic rings. The fourth-order valence-electron chi connectivity index (χ4n) is 1.98. The predicted octanol–water partition coefficient (Wildman–Crippen LogP) is -1.97. The smallest absolute Gasteiger partial charge is 0.239 e. The Morgan fingerprint density at radius 1 is 1.42 bits per heavy atom. The molecule has 2 aliphatic heterocycles. The molecular formula is C7H11N3O2. The summed E-state index contributed by atoms with van der Waals surface area (Å²) in [6.07, 6.45) is 0.512. The van der Waals surface area contributed by atoms with Crippen LogP contribution in [-0.2, 0) is 9.59 Å². The van der Waals surface area contributed by atoms with E-state index in [1.165, 1.54) is 0 Å². The topological polar surface area (TPSA) is 89.2 Å². The number of nitrogens with two attached hydrogens (primary N) is 2. The summed E-state index contributed by atoms with van der Waals surface area (Å²) in [5.74, 6) is -0.847. The molecule has 4 N–H and O–H groups in total. The van der Waals surface area contributed by atoms with Crippen molar-refractivity contribution in [2.24, 2.45) is 17.4 Å². The quantitative estimate of drug-likeness (QED) is 0.470. The minimum absolute atomic E-state index is 0.189. The number of rotatable bonds is 2. The molecule has 0 aliphatic carbocycles. The van der Waals surface area contributed by atoms with E-state index in [4.69, 9.17) is 11.5 Å². The van der Waals surface area contributed by atoms with Crippen molar-refractivity contribution in [3.8, 4) is 0 Å². The lowest BCUT2D eigenvalue weighted by Gasteiger charge is -2.07. The highest BCUT2D eigenvalue weighted by Crippen LogP contribution is 2.45. The van der Waals surface area contributed by atoms with Gasteiger partial charge in [0.2, 0.25) is 11.8 Å². The molecular weight excluding hydrogens is 158 g/mol. The average molecular weight is 169 g/mol. The fraction of sp³-hybridized carbons (Fsp3) is 0.714. The summed E-state index contributed by atoms with van der Waals surface area (Å²) in [5.41, 5.74) is 9.81. The Morgan fingerprint density at radius 2 is 2.08 bits per heavy atom. The Kier molecular flexibility index (Phi) is 1.24. The van der Waals surface area contributed by atoms with Crippen molar-refractivity contribution >= 4 is 11.8 Å². The second kappa shape index (κ2) is 1.98. The number of carbonyl (C=O) groups is 2. The van der Waals surface area contributed by atoms with Gasteiger partial charge in [-0.3, -0.25) is 14.5 Å².